The van der Waals surface area contributed by atoms with E-state index >= 15 is 0 Å². The first kappa shape index (κ1) is 23.4. The third kappa shape index (κ3) is 6.87. The number of anilines is 2. The van der Waals surface area contributed by atoms with Crippen LogP contribution in [0.2, 0.25) is 5.02 Å². The van der Waals surface area contributed by atoms with Crippen molar-refractivity contribution in [3.63, 3.8) is 0 Å². The molecule has 1 aliphatic rings. The maximum atomic E-state index is 12.3. The number of nitrogens with one attached hydrogen (secondary N) is 1. The number of amides is 2. The molecule has 1 heterocycles. The van der Waals surface area contributed by atoms with Crippen LogP contribution in [0.15, 0.2) is 46.9 Å². The van der Waals surface area contributed by atoms with Crippen LogP contribution >= 0.6 is 27.5 Å². The Hall–Kier alpha value is -2.25. The maximum Gasteiger partial charge on any atom is 0.262 e. The Morgan fingerprint density at radius 1 is 1.10 bits per heavy atom. The zero-order valence-electron chi connectivity index (χ0n) is 17.7. The number of rotatable bonds is 7. The van der Waals surface area contributed by atoms with E-state index in [1.807, 2.05) is 29.2 Å². The van der Waals surface area contributed by atoms with Gasteiger partial charge in [-0.2, -0.15) is 0 Å². The van der Waals surface area contributed by atoms with Crippen LogP contribution in [0.25, 0.3) is 0 Å². The minimum absolute atomic E-state index is 0.0899. The summed E-state index contributed by atoms with van der Waals surface area (Å²) in [6.07, 6.45) is 0.584. The van der Waals surface area contributed by atoms with Gasteiger partial charge in [0.25, 0.3) is 5.91 Å². The topological polar surface area (TPSA) is 61.9 Å². The lowest BCUT2D eigenvalue weighted by atomic mass is 10.1. The second-order valence-electron chi connectivity index (χ2n) is 7.92. The van der Waals surface area contributed by atoms with Crippen LogP contribution < -0.4 is 15.0 Å². The van der Waals surface area contributed by atoms with Crippen molar-refractivity contribution < 1.29 is 14.3 Å². The Kier molecular flexibility index (Phi) is 8.21. The van der Waals surface area contributed by atoms with Gasteiger partial charge in [0, 0.05) is 42.8 Å². The van der Waals surface area contributed by atoms with Crippen molar-refractivity contribution in [2.24, 2.45) is 5.92 Å². The van der Waals surface area contributed by atoms with Crippen LogP contribution in [0.4, 0.5) is 11.4 Å². The number of nitrogens with zero attached hydrogens (tertiary/aromatic N) is 2. The molecule has 1 aliphatic heterocycles. The molecule has 0 bridgehead atoms. The molecule has 1 fully saturated rings. The van der Waals surface area contributed by atoms with Gasteiger partial charge in [0.1, 0.15) is 5.75 Å². The van der Waals surface area contributed by atoms with Gasteiger partial charge in [0.2, 0.25) is 5.91 Å². The smallest absolute Gasteiger partial charge is 0.262 e. The average molecular weight is 509 g/mol. The number of carbonyl (C=O) groups excluding carboxylic acids is 2. The molecule has 2 aromatic rings. The van der Waals surface area contributed by atoms with Crippen LogP contribution in [-0.2, 0) is 9.59 Å². The summed E-state index contributed by atoms with van der Waals surface area (Å²) in [5, 5.41) is 3.37. The summed E-state index contributed by atoms with van der Waals surface area (Å²) in [6, 6.07) is 12.8. The fourth-order valence-electron chi connectivity index (χ4n) is 3.39. The monoisotopic (exact) mass is 507 g/mol. The minimum Gasteiger partial charge on any atom is -0.484 e. The first-order chi connectivity index (χ1) is 14.8. The third-order valence-corrected chi connectivity index (χ3v) is 5.80. The first-order valence-corrected chi connectivity index (χ1v) is 11.5. The maximum absolute atomic E-state index is 12.3. The lowest BCUT2D eigenvalue weighted by Gasteiger charge is -2.36. The summed E-state index contributed by atoms with van der Waals surface area (Å²) in [4.78, 5) is 28.5. The number of ether oxygens (including phenoxy) is 1. The van der Waals surface area contributed by atoms with Gasteiger partial charge in [0.15, 0.2) is 6.61 Å². The van der Waals surface area contributed by atoms with Crippen molar-refractivity contribution in [1.82, 2.24) is 4.90 Å². The van der Waals surface area contributed by atoms with E-state index in [0.29, 0.717) is 41.9 Å². The molecule has 0 unspecified atom stereocenters. The number of benzene rings is 2. The van der Waals surface area contributed by atoms with E-state index in [0.717, 1.165) is 23.2 Å². The Labute approximate surface area is 196 Å². The van der Waals surface area contributed by atoms with Crippen LogP contribution in [0, 0.1) is 5.92 Å². The Morgan fingerprint density at radius 3 is 2.39 bits per heavy atom. The van der Waals surface area contributed by atoms with E-state index in [-0.39, 0.29) is 18.4 Å². The molecule has 2 amide bonds. The molecule has 1 saturated heterocycles. The lowest BCUT2D eigenvalue weighted by molar-refractivity contribution is -0.132. The fraction of sp³-hybridized carbons (Fsp3) is 0.391. The van der Waals surface area contributed by atoms with E-state index < -0.39 is 0 Å². The van der Waals surface area contributed by atoms with E-state index in [1.54, 1.807) is 18.2 Å². The second-order valence-corrected chi connectivity index (χ2v) is 9.25. The van der Waals surface area contributed by atoms with E-state index in [9.17, 15) is 9.59 Å². The van der Waals surface area contributed by atoms with Crippen molar-refractivity contribution >= 4 is 50.7 Å². The number of carbonyl (C=O) groups is 2. The van der Waals surface area contributed by atoms with Crippen molar-refractivity contribution in [1.29, 1.82) is 0 Å². The number of hydrogen-bond donors (Lipinski definition) is 1. The molecular formula is C23H27BrClN3O3. The van der Waals surface area contributed by atoms with Crippen LogP contribution in [0.5, 0.6) is 5.75 Å². The Morgan fingerprint density at radius 2 is 1.77 bits per heavy atom. The molecule has 0 spiro atoms. The lowest BCUT2D eigenvalue weighted by Crippen LogP contribution is -2.49. The number of halogens is 2. The van der Waals surface area contributed by atoms with E-state index in [1.165, 1.54) is 0 Å². The molecule has 1 N–H and O–H groups in total. The standard InChI is InChI=1S/C23H27BrClN3O3/c1-16(2)13-23(30)28-11-9-27(10-12-28)21-8-5-18(14-20(21)25)26-22(29)15-31-19-6-3-17(24)4-7-19/h3-8,14,16H,9-13,15H2,1-2H3,(H,26,29). The summed E-state index contributed by atoms with van der Waals surface area (Å²) >= 11 is 9.85. The normalized spacial score (nSPS) is 14.0. The molecule has 3 rings (SSSR count). The number of piperazine rings is 1. The van der Waals surface area contributed by atoms with Crippen LogP contribution in [0.1, 0.15) is 20.3 Å². The van der Waals surface area contributed by atoms with Crippen molar-refractivity contribution in [2.75, 3.05) is 43.0 Å². The molecule has 6 nitrogen and oxygen atoms in total. The highest BCUT2D eigenvalue weighted by atomic mass is 79.9. The summed E-state index contributed by atoms with van der Waals surface area (Å²) in [6.45, 7) is 6.86. The van der Waals surface area contributed by atoms with Crippen LogP contribution in [-0.4, -0.2) is 49.5 Å². The van der Waals surface area contributed by atoms with Gasteiger partial charge in [0.05, 0.1) is 10.7 Å². The third-order valence-electron chi connectivity index (χ3n) is 4.97. The zero-order chi connectivity index (χ0) is 22.4. The van der Waals surface area contributed by atoms with Crippen LogP contribution in [0.3, 0.4) is 0 Å². The highest BCUT2D eigenvalue weighted by Gasteiger charge is 2.23. The molecule has 0 aromatic heterocycles. The summed E-state index contributed by atoms with van der Waals surface area (Å²) in [7, 11) is 0. The summed E-state index contributed by atoms with van der Waals surface area (Å²) in [5.74, 6) is 0.939. The second kappa shape index (κ2) is 10.9. The van der Waals surface area contributed by atoms with Gasteiger partial charge in [-0.25, -0.2) is 0 Å². The first-order valence-electron chi connectivity index (χ1n) is 10.3. The van der Waals surface area contributed by atoms with Crippen molar-refractivity contribution in [3.8, 4) is 5.75 Å². The quantitative estimate of drug-likeness (QED) is 0.583. The molecule has 8 heteroatoms. The van der Waals surface area contributed by atoms with Crippen molar-refractivity contribution in [2.45, 2.75) is 20.3 Å². The highest BCUT2D eigenvalue weighted by Crippen LogP contribution is 2.30. The molecule has 0 atom stereocenters. The predicted octanol–water partition coefficient (Wildman–Crippen LogP) is 4.81. The average Bonchev–Trinajstić information content (AvgIpc) is 2.73. The summed E-state index contributed by atoms with van der Waals surface area (Å²) in [5.41, 5.74) is 1.52. The van der Waals surface area contributed by atoms with Gasteiger partial charge >= 0.3 is 0 Å². The zero-order valence-corrected chi connectivity index (χ0v) is 20.1. The largest absolute Gasteiger partial charge is 0.484 e. The van der Waals surface area contributed by atoms with E-state index in [4.69, 9.17) is 16.3 Å². The number of hydrogen-bond acceptors (Lipinski definition) is 4. The van der Waals surface area contributed by atoms with Gasteiger partial charge in [-0.3, -0.25) is 9.59 Å². The molecule has 0 saturated carbocycles. The molecule has 31 heavy (non-hydrogen) atoms. The molecular weight excluding hydrogens is 482 g/mol. The SMILES string of the molecule is CC(C)CC(=O)N1CCN(c2ccc(NC(=O)COc3ccc(Br)cc3)cc2Cl)CC1. The Balaban J connectivity index is 1.51. The van der Waals surface area contributed by atoms with Gasteiger partial charge in [-0.15, -0.1) is 0 Å². The minimum atomic E-state index is -0.260. The van der Waals surface area contributed by atoms with Crippen molar-refractivity contribution in [3.05, 3.63) is 52.0 Å². The van der Waals surface area contributed by atoms with Gasteiger partial charge in [-0.1, -0.05) is 41.4 Å². The molecule has 2 aromatic carbocycles. The van der Waals surface area contributed by atoms with Gasteiger partial charge < -0.3 is 19.9 Å². The summed E-state index contributed by atoms with van der Waals surface area (Å²) < 4.78 is 6.44. The van der Waals surface area contributed by atoms with Gasteiger partial charge in [-0.05, 0) is 48.4 Å². The Bertz CT molecular complexity index is 913. The molecule has 166 valence electrons. The fourth-order valence-corrected chi connectivity index (χ4v) is 3.96. The van der Waals surface area contributed by atoms with E-state index in [2.05, 4.69) is 40.0 Å². The predicted molar refractivity (Wildman–Crippen MR) is 128 cm³/mol. The highest BCUT2D eigenvalue weighted by molar-refractivity contribution is 9.10. The molecule has 0 radical (unpaired) electrons. The molecule has 0 aliphatic carbocycles.